The summed E-state index contributed by atoms with van der Waals surface area (Å²) in [7, 11) is 0. The second kappa shape index (κ2) is 6.17. The summed E-state index contributed by atoms with van der Waals surface area (Å²) in [6, 6.07) is 8.60. The van der Waals surface area contributed by atoms with E-state index in [9.17, 15) is 0 Å². The van der Waals surface area contributed by atoms with E-state index in [1.165, 1.54) is 22.3 Å². The van der Waals surface area contributed by atoms with E-state index in [0.29, 0.717) is 0 Å². The molecular weight excluding hydrogens is 300 g/mol. The molecule has 1 aromatic carbocycles. The molecule has 5 heteroatoms. The quantitative estimate of drug-likeness (QED) is 0.744. The number of hydrogen-bond acceptors (Lipinski definition) is 4. The Kier molecular flexibility index (Phi) is 3.86. The van der Waals surface area contributed by atoms with Crippen molar-refractivity contribution >= 4 is 0 Å². The molecule has 0 spiro atoms. The molecule has 3 heterocycles. The van der Waals surface area contributed by atoms with Gasteiger partial charge in [-0.15, -0.1) is 0 Å². The van der Waals surface area contributed by atoms with Crippen LogP contribution in [0.1, 0.15) is 40.9 Å². The number of aromatic nitrogens is 4. The van der Waals surface area contributed by atoms with E-state index in [-0.39, 0.29) is 5.92 Å². The second-order valence-corrected chi connectivity index (χ2v) is 6.23. The first-order valence-corrected chi connectivity index (χ1v) is 8.25. The highest BCUT2D eigenvalue weighted by Gasteiger charge is 2.15. The molecule has 3 aromatic rings. The van der Waals surface area contributed by atoms with E-state index in [2.05, 4.69) is 40.2 Å². The minimum absolute atomic E-state index is 0.272. The first-order valence-electron chi connectivity index (χ1n) is 8.25. The molecule has 0 bridgehead atoms. The maximum Gasteiger partial charge on any atom is 0.156 e. The summed E-state index contributed by atoms with van der Waals surface area (Å²) in [4.78, 5) is 8.55. The van der Waals surface area contributed by atoms with Crippen LogP contribution in [0.5, 0.6) is 0 Å². The van der Waals surface area contributed by atoms with Crippen molar-refractivity contribution in [3.05, 3.63) is 70.9 Å². The van der Waals surface area contributed by atoms with Crippen LogP contribution in [0.3, 0.4) is 0 Å². The topological polar surface area (TPSA) is 52.8 Å². The third kappa shape index (κ3) is 2.83. The zero-order valence-corrected chi connectivity index (χ0v) is 13.9. The van der Waals surface area contributed by atoms with Gasteiger partial charge in [-0.25, -0.2) is 14.6 Å². The highest BCUT2D eigenvalue weighted by Crippen LogP contribution is 2.27. The van der Waals surface area contributed by atoms with Crippen molar-refractivity contribution in [2.45, 2.75) is 32.8 Å². The number of fused-ring (bicyclic) bond motifs is 1. The van der Waals surface area contributed by atoms with Crippen LogP contribution in [0.4, 0.5) is 0 Å². The van der Waals surface area contributed by atoms with Crippen LogP contribution in [0.25, 0.3) is 5.82 Å². The van der Waals surface area contributed by atoms with Gasteiger partial charge in [-0.3, -0.25) is 0 Å². The molecule has 1 atom stereocenters. The van der Waals surface area contributed by atoms with E-state index >= 15 is 0 Å². The molecule has 1 unspecified atom stereocenters. The van der Waals surface area contributed by atoms with Crippen LogP contribution >= 0.6 is 0 Å². The molecule has 24 heavy (non-hydrogen) atoms. The number of ether oxygens (including phenoxy) is 1. The summed E-state index contributed by atoms with van der Waals surface area (Å²) < 4.78 is 7.39. The van der Waals surface area contributed by atoms with Gasteiger partial charge in [-0.1, -0.05) is 25.1 Å². The van der Waals surface area contributed by atoms with Gasteiger partial charge in [0.2, 0.25) is 0 Å². The summed E-state index contributed by atoms with van der Waals surface area (Å²) in [6.45, 7) is 5.63. The monoisotopic (exact) mass is 320 g/mol. The van der Waals surface area contributed by atoms with Gasteiger partial charge < -0.3 is 4.74 Å². The van der Waals surface area contributed by atoms with E-state index in [0.717, 1.165) is 31.3 Å². The summed E-state index contributed by atoms with van der Waals surface area (Å²) in [6.07, 6.45) is 6.72. The van der Waals surface area contributed by atoms with Crippen molar-refractivity contribution < 1.29 is 4.74 Å². The van der Waals surface area contributed by atoms with Crippen molar-refractivity contribution in [3.63, 3.8) is 0 Å². The smallest absolute Gasteiger partial charge is 0.156 e. The van der Waals surface area contributed by atoms with Crippen LogP contribution in [0.15, 0.2) is 42.9 Å². The largest absolute Gasteiger partial charge is 0.376 e. The number of nitrogens with zero attached hydrogens (tertiary/aromatic N) is 4. The average molecular weight is 320 g/mol. The van der Waals surface area contributed by atoms with Gasteiger partial charge in [-0.2, -0.15) is 5.10 Å². The standard InChI is InChI=1S/C19H20N4O/c1-13(16-4-3-15-6-8-24-12-17(15)9-16)18-10-21-23(11-18)19-5-7-20-14(2)22-19/h3-5,7,9-11,13H,6,8,12H2,1-2H3. The summed E-state index contributed by atoms with van der Waals surface area (Å²) in [5, 5.41) is 4.46. The fraction of sp³-hybridized carbons (Fsp3) is 0.316. The Morgan fingerprint density at radius 3 is 2.96 bits per heavy atom. The van der Waals surface area contributed by atoms with E-state index < -0.39 is 0 Å². The van der Waals surface area contributed by atoms with Gasteiger partial charge in [0.05, 0.1) is 19.4 Å². The summed E-state index contributed by atoms with van der Waals surface area (Å²) in [5.74, 6) is 1.81. The highest BCUT2D eigenvalue weighted by molar-refractivity contribution is 5.38. The molecule has 4 rings (SSSR count). The molecule has 2 aromatic heterocycles. The lowest BCUT2D eigenvalue weighted by Crippen LogP contribution is -2.10. The molecule has 0 saturated heterocycles. The molecule has 0 radical (unpaired) electrons. The Bertz CT molecular complexity index is 871. The van der Waals surface area contributed by atoms with Crippen LogP contribution in [-0.2, 0) is 17.8 Å². The number of benzene rings is 1. The number of aryl methyl sites for hydroxylation is 1. The third-order valence-electron chi connectivity index (χ3n) is 4.60. The Morgan fingerprint density at radius 2 is 2.08 bits per heavy atom. The van der Waals surface area contributed by atoms with Crippen LogP contribution in [0, 0.1) is 6.92 Å². The lowest BCUT2D eigenvalue weighted by molar-refractivity contribution is 0.110. The zero-order valence-electron chi connectivity index (χ0n) is 13.9. The summed E-state index contributed by atoms with van der Waals surface area (Å²) >= 11 is 0. The molecular formula is C19H20N4O. The fourth-order valence-electron chi connectivity index (χ4n) is 3.11. The highest BCUT2D eigenvalue weighted by atomic mass is 16.5. The maximum absolute atomic E-state index is 5.58. The Labute approximate surface area is 141 Å². The molecule has 0 N–H and O–H groups in total. The molecule has 0 aliphatic carbocycles. The average Bonchev–Trinajstić information content (AvgIpc) is 3.11. The lowest BCUT2D eigenvalue weighted by Gasteiger charge is -2.19. The lowest BCUT2D eigenvalue weighted by atomic mass is 9.91. The first kappa shape index (κ1) is 15.0. The minimum atomic E-state index is 0.272. The summed E-state index contributed by atoms with van der Waals surface area (Å²) in [5.41, 5.74) is 5.18. The van der Waals surface area contributed by atoms with Gasteiger partial charge in [-0.05, 0) is 35.6 Å². The molecule has 0 saturated carbocycles. The molecule has 1 aliphatic rings. The van der Waals surface area contributed by atoms with Gasteiger partial charge in [0.25, 0.3) is 0 Å². The fourth-order valence-corrected chi connectivity index (χ4v) is 3.11. The predicted octanol–water partition coefficient (Wildman–Crippen LogP) is 3.20. The molecule has 0 amide bonds. The van der Waals surface area contributed by atoms with Crippen LogP contribution in [0.2, 0.25) is 0 Å². The normalized spacial score (nSPS) is 15.1. The zero-order chi connectivity index (χ0) is 16.5. The van der Waals surface area contributed by atoms with Gasteiger partial charge in [0.15, 0.2) is 5.82 Å². The molecule has 1 aliphatic heterocycles. The minimum Gasteiger partial charge on any atom is -0.376 e. The Hall–Kier alpha value is -2.53. The third-order valence-corrected chi connectivity index (χ3v) is 4.60. The van der Waals surface area contributed by atoms with Crippen molar-refractivity contribution in [1.82, 2.24) is 19.7 Å². The van der Waals surface area contributed by atoms with Crippen molar-refractivity contribution in [2.75, 3.05) is 6.61 Å². The SMILES string of the molecule is Cc1nccc(-n2cc(C(C)c3ccc4c(c3)COCC4)cn2)n1. The Morgan fingerprint density at radius 1 is 1.17 bits per heavy atom. The Balaban J connectivity index is 1.62. The number of hydrogen-bond donors (Lipinski definition) is 0. The molecule has 5 nitrogen and oxygen atoms in total. The van der Waals surface area contributed by atoms with Gasteiger partial charge in [0.1, 0.15) is 5.82 Å². The van der Waals surface area contributed by atoms with Crippen LogP contribution < -0.4 is 0 Å². The second-order valence-electron chi connectivity index (χ2n) is 6.23. The molecule has 0 fully saturated rings. The van der Waals surface area contributed by atoms with E-state index in [1.807, 2.05) is 30.1 Å². The predicted molar refractivity (Wildman–Crippen MR) is 91.2 cm³/mol. The van der Waals surface area contributed by atoms with E-state index in [1.54, 1.807) is 6.20 Å². The van der Waals surface area contributed by atoms with Crippen molar-refractivity contribution in [3.8, 4) is 5.82 Å². The first-order chi connectivity index (χ1) is 11.7. The molecule has 122 valence electrons. The maximum atomic E-state index is 5.58. The van der Waals surface area contributed by atoms with E-state index in [4.69, 9.17) is 4.74 Å². The van der Waals surface area contributed by atoms with Crippen LogP contribution in [-0.4, -0.2) is 26.4 Å². The number of rotatable bonds is 3. The van der Waals surface area contributed by atoms with Gasteiger partial charge >= 0.3 is 0 Å². The van der Waals surface area contributed by atoms with Gasteiger partial charge in [0, 0.05) is 24.4 Å². The van der Waals surface area contributed by atoms with Crippen molar-refractivity contribution in [2.24, 2.45) is 0 Å². The van der Waals surface area contributed by atoms with Crippen molar-refractivity contribution in [1.29, 1.82) is 0 Å².